The Kier molecular flexibility index (Phi) is 2.82. The number of hydrogen-bond donors (Lipinski definition) is 0. The first-order chi connectivity index (χ1) is 6.45. The van der Waals surface area contributed by atoms with Gasteiger partial charge >= 0.3 is 84.7 Å². The van der Waals surface area contributed by atoms with Gasteiger partial charge in [-0.3, -0.25) is 0 Å². The Morgan fingerprint density at radius 3 is 1.31 bits per heavy atom. The Morgan fingerprint density at radius 2 is 0.923 bits per heavy atom. The van der Waals surface area contributed by atoms with Gasteiger partial charge in [-0.25, -0.2) is 0 Å². The van der Waals surface area contributed by atoms with E-state index in [9.17, 15) is 0 Å². The molecule has 0 saturated carbocycles. The van der Waals surface area contributed by atoms with Crippen molar-refractivity contribution in [3.05, 3.63) is 60.7 Å². The average molecular weight is 181 g/mol. The number of benzene rings is 2. The molecule has 0 unspecified atom stereocenters. The summed E-state index contributed by atoms with van der Waals surface area (Å²) in [6.07, 6.45) is 0. The Balaban J connectivity index is 2.16. The molecule has 0 amide bonds. The van der Waals surface area contributed by atoms with Crippen LogP contribution < -0.4 is 8.85 Å². The van der Waals surface area contributed by atoms with E-state index in [4.69, 9.17) is 0 Å². The summed E-state index contributed by atoms with van der Waals surface area (Å²) in [4.78, 5) is 0. The van der Waals surface area contributed by atoms with Crippen molar-refractivity contribution in [3.63, 3.8) is 0 Å². The molecule has 2 aromatic rings. The van der Waals surface area contributed by atoms with Crippen molar-refractivity contribution >= 4 is 24.1 Å². The van der Waals surface area contributed by atoms with Crippen molar-refractivity contribution in [3.8, 4) is 0 Å². The van der Waals surface area contributed by atoms with Gasteiger partial charge in [-0.1, -0.05) is 0 Å². The van der Waals surface area contributed by atoms with Crippen LogP contribution in [0.3, 0.4) is 0 Å². The zero-order valence-corrected chi connectivity index (χ0v) is 8.51. The molecule has 0 aliphatic rings. The Hall–Kier alpha value is -1.03. The minimum absolute atomic E-state index is 0.271. The molecule has 2 aromatic carbocycles. The number of rotatable bonds is 2. The van der Waals surface area contributed by atoms with Crippen LogP contribution in [0.1, 0.15) is 0 Å². The predicted molar refractivity (Wildman–Crippen MR) is 57.9 cm³/mol. The number of hydrogen-bond acceptors (Lipinski definition) is 0. The molecule has 2 rings (SSSR count). The topological polar surface area (TPSA) is 0 Å². The standard InChI is InChI=1S/2C6H5.Al/c2*1-2-4-6-5-3-1;/h2*1-5H;/q;;+1. The molecule has 13 heavy (non-hydrogen) atoms. The van der Waals surface area contributed by atoms with Gasteiger partial charge in [0, 0.05) is 0 Å². The Bertz CT molecular complexity index is 316. The van der Waals surface area contributed by atoms with Crippen LogP contribution in [0.2, 0.25) is 0 Å². The van der Waals surface area contributed by atoms with Gasteiger partial charge in [-0.2, -0.15) is 0 Å². The van der Waals surface area contributed by atoms with Crippen LogP contribution in [0.15, 0.2) is 60.7 Å². The van der Waals surface area contributed by atoms with Gasteiger partial charge in [0.2, 0.25) is 0 Å². The molecule has 0 atom stereocenters. The molecule has 0 bridgehead atoms. The van der Waals surface area contributed by atoms with E-state index in [1.165, 1.54) is 8.85 Å². The third-order valence-electron chi connectivity index (χ3n) is 1.93. The van der Waals surface area contributed by atoms with Crippen LogP contribution in [0.5, 0.6) is 0 Å². The molecule has 0 fully saturated rings. The molecule has 0 saturated heterocycles. The van der Waals surface area contributed by atoms with Crippen molar-refractivity contribution in [2.24, 2.45) is 0 Å². The van der Waals surface area contributed by atoms with Crippen molar-refractivity contribution < 1.29 is 0 Å². The molecule has 1 heteroatoms. The maximum absolute atomic E-state index is 2.20. The molecule has 0 nitrogen and oxygen atoms in total. The zero-order chi connectivity index (χ0) is 8.93. The summed E-state index contributed by atoms with van der Waals surface area (Å²) in [5.74, 6) is 0. The molecule has 0 aromatic heterocycles. The first-order valence-electron chi connectivity index (χ1n) is 4.40. The van der Waals surface area contributed by atoms with Gasteiger partial charge in [0.1, 0.15) is 0 Å². The van der Waals surface area contributed by atoms with Crippen LogP contribution >= 0.6 is 0 Å². The first-order valence-corrected chi connectivity index (χ1v) is 5.55. The van der Waals surface area contributed by atoms with E-state index in [0.717, 1.165) is 0 Å². The second-order valence-electron chi connectivity index (χ2n) is 2.97. The molecule has 0 spiro atoms. The fourth-order valence-electron chi connectivity index (χ4n) is 1.29. The fourth-order valence-corrected chi connectivity index (χ4v) is 2.51. The maximum atomic E-state index is 2.20. The molecule has 0 radical (unpaired) electrons. The van der Waals surface area contributed by atoms with Crippen molar-refractivity contribution in [1.82, 2.24) is 0 Å². The van der Waals surface area contributed by atoms with Crippen molar-refractivity contribution in [2.75, 3.05) is 0 Å². The monoisotopic (exact) mass is 181 g/mol. The van der Waals surface area contributed by atoms with E-state index in [2.05, 4.69) is 60.7 Å². The summed E-state index contributed by atoms with van der Waals surface area (Å²) < 4.78 is 2.90. The zero-order valence-electron chi connectivity index (χ0n) is 7.35. The van der Waals surface area contributed by atoms with Crippen molar-refractivity contribution in [2.45, 2.75) is 0 Å². The summed E-state index contributed by atoms with van der Waals surface area (Å²) in [5.41, 5.74) is 0. The molecule has 0 aliphatic heterocycles. The molecule has 0 aliphatic carbocycles. The third kappa shape index (κ3) is 2.45. The Labute approximate surface area is 84.9 Å². The van der Waals surface area contributed by atoms with E-state index in [1.54, 1.807) is 0 Å². The van der Waals surface area contributed by atoms with Crippen LogP contribution in [-0.2, 0) is 0 Å². The summed E-state index contributed by atoms with van der Waals surface area (Å²) in [6, 6.07) is 21.3. The van der Waals surface area contributed by atoms with Gasteiger partial charge in [0.15, 0.2) is 0 Å². The average Bonchev–Trinajstić information content (AvgIpc) is 2.21. The summed E-state index contributed by atoms with van der Waals surface area (Å²) in [5, 5.41) is 0. The van der Waals surface area contributed by atoms with Gasteiger partial charge in [0.25, 0.3) is 0 Å². The quantitative estimate of drug-likeness (QED) is 0.613. The Morgan fingerprint density at radius 1 is 0.538 bits per heavy atom. The second kappa shape index (κ2) is 4.28. The third-order valence-corrected chi connectivity index (χ3v) is 3.37. The van der Waals surface area contributed by atoms with Crippen LogP contribution in [0, 0.1) is 0 Å². The van der Waals surface area contributed by atoms with Gasteiger partial charge in [0.05, 0.1) is 0 Å². The summed E-state index contributed by atoms with van der Waals surface area (Å²) in [6.45, 7) is 0. The molecule has 0 N–H and O–H groups in total. The fraction of sp³-hybridized carbons (Fsp3) is 0. The van der Waals surface area contributed by atoms with E-state index < -0.39 is 0 Å². The molecule has 0 heterocycles. The molecular formula is C12H10Al+. The predicted octanol–water partition coefficient (Wildman–Crippen LogP) is 1.34. The van der Waals surface area contributed by atoms with Crippen LogP contribution in [0.25, 0.3) is 0 Å². The van der Waals surface area contributed by atoms with E-state index >= 15 is 0 Å². The van der Waals surface area contributed by atoms with E-state index in [0.29, 0.717) is 0 Å². The normalized spacial score (nSPS) is 9.23. The van der Waals surface area contributed by atoms with E-state index in [1.807, 2.05) is 0 Å². The first kappa shape index (κ1) is 8.57. The van der Waals surface area contributed by atoms with E-state index in [-0.39, 0.29) is 15.2 Å². The summed E-state index contributed by atoms with van der Waals surface area (Å²) >= 11 is 0.271. The van der Waals surface area contributed by atoms with Gasteiger partial charge in [-0.05, 0) is 0 Å². The van der Waals surface area contributed by atoms with Crippen LogP contribution in [0.4, 0.5) is 0 Å². The SMILES string of the molecule is c1cc[c]([Al+][c]2ccccc2)cc1. The second-order valence-corrected chi connectivity index (χ2v) is 4.59. The minimum atomic E-state index is 0.271. The summed E-state index contributed by atoms with van der Waals surface area (Å²) in [7, 11) is 0. The molecular weight excluding hydrogens is 171 g/mol. The van der Waals surface area contributed by atoms with Crippen molar-refractivity contribution in [1.29, 1.82) is 0 Å². The van der Waals surface area contributed by atoms with Gasteiger partial charge < -0.3 is 0 Å². The molecule has 60 valence electrons. The van der Waals surface area contributed by atoms with Crippen LogP contribution in [-0.4, -0.2) is 15.2 Å². The van der Waals surface area contributed by atoms with Gasteiger partial charge in [-0.15, -0.1) is 0 Å².